The van der Waals surface area contributed by atoms with Crippen molar-refractivity contribution in [3.63, 3.8) is 0 Å². The molecule has 158 valence electrons. The first kappa shape index (κ1) is 19.9. The molecule has 3 heterocycles. The van der Waals surface area contributed by atoms with Crippen LogP contribution in [0.5, 0.6) is 0 Å². The first-order valence-corrected chi connectivity index (χ1v) is 11.0. The first-order valence-electron chi connectivity index (χ1n) is 11.0. The summed E-state index contributed by atoms with van der Waals surface area (Å²) < 4.78 is 4.34. The molecule has 0 aromatic carbocycles. The van der Waals surface area contributed by atoms with E-state index < -0.39 is 0 Å². The summed E-state index contributed by atoms with van der Waals surface area (Å²) in [4.78, 5) is 4.92. The highest BCUT2D eigenvalue weighted by molar-refractivity contribution is 5.80. The van der Waals surface area contributed by atoms with Crippen molar-refractivity contribution in [1.29, 1.82) is 0 Å². The molecule has 8 heteroatoms. The van der Waals surface area contributed by atoms with Crippen LogP contribution in [-0.4, -0.2) is 49.6 Å². The van der Waals surface area contributed by atoms with Crippen molar-refractivity contribution in [3.8, 4) is 0 Å². The Morgan fingerprint density at radius 3 is 2.93 bits per heavy atom. The molecular formula is C21H34N8. The fourth-order valence-electron chi connectivity index (χ4n) is 4.31. The summed E-state index contributed by atoms with van der Waals surface area (Å²) in [5.74, 6) is 3.59. The predicted octanol–water partition coefficient (Wildman–Crippen LogP) is 2.04. The lowest BCUT2D eigenvalue weighted by atomic mass is 9.94. The van der Waals surface area contributed by atoms with Crippen LogP contribution in [0.3, 0.4) is 0 Å². The van der Waals surface area contributed by atoms with Crippen molar-refractivity contribution in [1.82, 2.24) is 35.2 Å². The molecule has 2 aromatic rings. The van der Waals surface area contributed by atoms with Crippen LogP contribution in [0.15, 0.2) is 11.2 Å². The van der Waals surface area contributed by atoms with Crippen LogP contribution in [0.25, 0.3) is 0 Å². The topological polar surface area (TPSA) is 85.0 Å². The molecule has 8 nitrogen and oxygen atoms in total. The molecular weight excluding hydrogens is 364 g/mol. The molecule has 0 amide bonds. The van der Waals surface area contributed by atoms with E-state index in [9.17, 15) is 0 Å². The Hall–Kier alpha value is -2.38. The molecule has 2 aliphatic rings. The second-order valence-corrected chi connectivity index (χ2v) is 8.66. The van der Waals surface area contributed by atoms with Gasteiger partial charge in [-0.3, -0.25) is 9.67 Å². The van der Waals surface area contributed by atoms with Crippen LogP contribution in [-0.2, 0) is 25.8 Å². The second-order valence-electron chi connectivity index (χ2n) is 8.66. The van der Waals surface area contributed by atoms with Gasteiger partial charge in [0.25, 0.3) is 0 Å². The van der Waals surface area contributed by atoms with Crippen molar-refractivity contribution >= 4 is 5.96 Å². The highest BCUT2D eigenvalue weighted by atomic mass is 15.3. The Labute approximate surface area is 173 Å². The van der Waals surface area contributed by atoms with Crippen molar-refractivity contribution in [2.45, 2.75) is 78.4 Å². The molecule has 2 N–H and O–H groups in total. The summed E-state index contributed by atoms with van der Waals surface area (Å²) in [7, 11) is 0. The minimum Gasteiger partial charge on any atom is -0.357 e. The van der Waals surface area contributed by atoms with Gasteiger partial charge in [-0.15, -0.1) is 10.2 Å². The highest BCUT2D eigenvalue weighted by Gasteiger charge is 2.24. The lowest BCUT2D eigenvalue weighted by molar-refractivity contribution is 0.369. The van der Waals surface area contributed by atoms with Crippen molar-refractivity contribution in [2.75, 3.05) is 13.1 Å². The number of aryl methyl sites for hydroxylation is 3. The number of rotatable bonds is 5. The van der Waals surface area contributed by atoms with Gasteiger partial charge in [-0.05, 0) is 58.4 Å². The van der Waals surface area contributed by atoms with Gasteiger partial charge in [0.2, 0.25) is 0 Å². The summed E-state index contributed by atoms with van der Waals surface area (Å²) in [6, 6.07) is 0.796. The van der Waals surface area contributed by atoms with Gasteiger partial charge in [0.05, 0.1) is 5.69 Å². The zero-order valence-corrected chi connectivity index (χ0v) is 18.1. The summed E-state index contributed by atoms with van der Waals surface area (Å²) in [5.41, 5.74) is 2.64. The monoisotopic (exact) mass is 398 g/mol. The molecule has 0 fully saturated rings. The third-order valence-corrected chi connectivity index (χ3v) is 6.05. The maximum absolute atomic E-state index is 4.92. The Balaban J connectivity index is 1.37. The van der Waals surface area contributed by atoms with Crippen molar-refractivity contribution < 1.29 is 0 Å². The summed E-state index contributed by atoms with van der Waals surface area (Å²) in [5, 5.41) is 20.4. The van der Waals surface area contributed by atoms with E-state index >= 15 is 0 Å². The van der Waals surface area contributed by atoms with Gasteiger partial charge in [0.15, 0.2) is 5.96 Å². The van der Waals surface area contributed by atoms with Crippen LogP contribution in [0.4, 0.5) is 0 Å². The third-order valence-electron chi connectivity index (χ3n) is 6.05. The number of hydrogen-bond acceptors (Lipinski definition) is 4. The molecule has 0 spiro atoms. The first-order chi connectivity index (χ1) is 14.0. The molecule has 4 rings (SSSR count). The number of guanidine groups is 1. The van der Waals surface area contributed by atoms with E-state index in [1.165, 1.54) is 11.3 Å². The third kappa shape index (κ3) is 4.46. The fourth-order valence-corrected chi connectivity index (χ4v) is 4.31. The maximum Gasteiger partial charge on any atom is 0.191 e. The number of aliphatic imine (C=N–C) groups is 1. The maximum atomic E-state index is 4.92. The molecule has 0 saturated heterocycles. The van der Waals surface area contributed by atoms with E-state index in [4.69, 9.17) is 10.1 Å². The van der Waals surface area contributed by atoms with Gasteiger partial charge in [-0.1, -0.05) is 0 Å². The molecule has 1 aliphatic carbocycles. The van der Waals surface area contributed by atoms with Crippen LogP contribution in [0, 0.1) is 12.8 Å². The predicted molar refractivity (Wildman–Crippen MR) is 114 cm³/mol. The summed E-state index contributed by atoms with van der Waals surface area (Å²) in [6.07, 6.45) is 7.51. The molecule has 2 unspecified atom stereocenters. The molecule has 0 radical (unpaired) electrons. The zero-order valence-electron chi connectivity index (χ0n) is 18.1. The van der Waals surface area contributed by atoms with E-state index in [0.717, 1.165) is 69.3 Å². The standard InChI is InChI=1S/C21H34N8/c1-5-22-21(23-11-16-6-9-20-26-25-15(4)28(20)12-16)24-18-8-7-17-13-29(14(2)3)27-19(17)10-18/h13-14,16,18H,5-12H2,1-4H3,(H2,22,23,24). The Morgan fingerprint density at radius 1 is 1.28 bits per heavy atom. The largest absolute Gasteiger partial charge is 0.357 e. The van der Waals surface area contributed by atoms with E-state index in [2.05, 4.69) is 57.0 Å². The van der Waals surface area contributed by atoms with Crippen molar-refractivity contribution in [3.05, 3.63) is 29.1 Å². The summed E-state index contributed by atoms with van der Waals surface area (Å²) >= 11 is 0. The number of hydrogen-bond donors (Lipinski definition) is 2. The average molecular weight is 399 g/mol. The zero-order chi connectivity index (χ0) is 20.4. The second kappa shape index (κ2) is 8.55. The number of nitrogens with zero attached hydrogens (tertiary/aromatic N) is 6. The van der Waals surface area contributed by atoms with Gasteiger partial charge in [0, 0.05) is 50.8 Å². The lowest BCUT2D eigenvalue weighted by Gasteiger charge is -2.26. The average Bonchev–Trinajstić information content (AvgIpc) is 3.30. The van der Waals surface area contributed by atoms with E-state index in [0.29, 0.717) is 18.0 Å². The van der Waals surface area contributed by atoms with E-state index in [1.807, 2.05) is 6.92 Å². The SMILES string of the molecule is CCNC(=NCC1CCc2nnc(C)n2C1)NC1CCc2cn(C(C)C)nc2C1. The number of fused-ring (bicyclic) bond motifs is 2. The quantitative estimate of drug-likeness (QED) is 0.595. The van der Waals surface area contributed by atoms with Crippen LogP contribution in [0.1, 0.15) is 62.6 Å². The van der Waals surface area contributed by atoms with Gasteiger partial charge < -0.3 is 15.2 Å². The molecule has 1 aliphatic heterocycles. The normalized spacial score (nSPS) is 21.8. The Morgan fingerprint density at radius 2 is 2.14 bits per heavy atom. The minimum absolute atomic E-state index is 0.383. The minimum atomic E-state index is 0.383. The highest BCUT2D eigenvalue weighted by Crippen LogP contribution is 2.22. The van der Waals surface area contributed by atoms with Gasteiger partial charge in [0.1, 0.15) is 11.6 Å². The molecule has 0 bridgehead atoms. The number of aromatic nitrogens is 5. The lowest BCUT2D eigenvalue weighted by Crippen LogP contribution is -2.46. The molecule has 0 saturated carbocycles. The smallest absolute Gasteiger partial charge is 0.191 e. The Bertz CT molecular complexity index is 862. The molecule has 2 aromatic heterocycles. The van der Waals surface area contributed by atoms with Crippen LogP contribution >= 0.6 is 0 Å². The van der Waals surface area contributed by atoms with E-state index in [1.54, 1.807) is 0 Å². The number of nitrogens with one attached hydrogen (secondary N) is 2. The molecule has 2 atom stereocenters. The Kier molecular flexibility index (Phi) is 5.87. The van der Waals surface area contributed by atoms with Gasteiger partial charge >= 0.3 is 0 Å². The van der Waals surface area contributed by atoms with Crippen LogP contribution < -0.4 is 10.6 Å². The molecule has 29 heavy (non-hydrogen) atoms. The van der Waals surface area contributed by atoms with Gasteiger partial charge in [-0.25, -0.2) is 0 Å². The van der Waals surface area contributed by atoms with Crippen LogP contribution in [0.2, 0.25) is 0 Å². The fraction of sp³-hybridized carbons (Fsp3) is 0.714. The van der Waals surface area contributed by atoms with E-state index in [-0.39, 0.29) is 0 Å². The van der Waals surface area contributed by atoms with Gasteiger partial charge in [-0.2, -0.15) is 5.10 Å². The summed E-state index contributed by atoms with van der Waals surface area (Å²) in [6.45, 7) is 11.2. The van der Waals surface area contributed by atoms with Crippen molar-refractivity contribution in [2.24, 2.45) is 10.9 Å².